The van der Waals surface area contributed by atoms with Gasteiger partial charge in [0.25, 0.3) is 0 Å². The monoisotopic (exact) mass is 236 g/mol. The Balaban J connectivity index is 2.11. The van der Waals surface area contributed by atoms with Crippen LogP contribution >= 0.6 is 0 Å². The number of hydrogen-bond donors (Lipinski definition) is 0. The number of allylic oxidation sites excluding steroid dienone is 2. The van der Waals surface area contributed by atoms with Crippen LogP contribution in [0.5, 0.6) is 0 Å². The second-order valence-electron chi connectivity index (χ2n) is 4.65. The molecule has 5 heteroatoms. The van der Waals surface area contributed by atoms with E-state index in [9.17, 15) is 19.5 Å². The van der Waals surface area contributed by atoms with Gasteiger partial charge in [0, 0.05) is 18.9 Å². The van der Waals surface area contributed by atoms with Crippen LogP contribution in [0.3, 0.4) is 0 Å². The summed E-state index contributed by atoms with van der Waals surface area (Å²) in [5.41, 5.74) is 1.12. The van der Waals surface area contributed by atoms with Gasteiger partial charge in [-0.25, -0.2) is 0 Å². The topological polar surface area (TPSA) is 77.5 Å². The zero-order valence-electron chi connectivity index (χ0n) is 9.64. The molecule has 0 spiro atoms. The normalized spacial score (nSPS) is 28.1. The number of carbonyl (C=O) groups excluding carboxylic acids is 3. The van der Waals surface area contributed by atoms with Crippen molar-refractivity contribution in [2.75, 3.05) is 6.54 Å². The van der Waals surface area contributed by atoms with Gasteiger partial charge in [0.15, 0.2) is 0 Å². The minimum absolute atomic E-state index is 0.0634. The molecule has 1 fully saturated rings. The average molecular weight is 236 g/mol. The van der Waals surface area contributed by atoms with Crippen LogP contribution in [0.2, 0.25) is 0 Å². The van der Waals surface area contributed by atoms with Crippen LogP contribution in [-0.2, 0) is 14.4 Å². The predicted octanol–water partition coefficient (Wildman–Crippen LogP) is -0.532. The lowest BCUT2D eigenvalue weighted by Crippen LogP contribution is -2.35. The molecule has 0 aromatic carbocycles. The van der Waals surface area contributed by atoms with E-state index in [1.54, 1.807) is 0 Å². The number of hydrogen-bond acceptors (Lipinski definition) is 4. The van der Waals surface area contributed by atoms with E-state index >= 15 is 0 Å². The minimum Gasteiger partial charge on any atom is -0.550 e. The molecule has 0 bridgehead atoms. The molecule has 2 aliphatic rings. The maximum Gasteiger partial charge on any atom is 0.233 e. The molecule has 5 nitrogen and oxygen atoms in total. The number of amides is 2. The van der Waals surface area contributed by atoms with Crippen molar-refractivity contribution in [1.82, 2.24) is 4.90 Å². The van der Waals surface area contributed by atoms with Crippen molar-refractivity contribution in [2.24, 2.45) is 11.8 Å². The van der Waals surface area contributed by atoms with Gasteiger partial charge in [-0.2, -0.15) is 0 Å². The zero-order chi connectivity index (χ0) is 12.6. The molecule has 0 aromatic heterocycles. The van der Waals surface area contributed by atoms with Gasteiger partial charge in [0.1, 0.15) is 0 Å². The molecule has 17 heavy (non-hydrogen) atoms. The molecule has 0 saturated carbocycles. The van der Waals surface area contributed by atoms with E-state index in [4.69, 9.17) is 0 Å². The number of nitrogens with zero attached hydrogens (tertiary/aromatic N) is 1. The van der Waals surface area contributed by atoms with E-state index in [0.29, 0.717) is 12.8 Å². The largest absolute Gasteiger partial charge is 0.550 e. The summed E-state index contributed by atoms with van der Waals surface area (Å²) in [6.45, 7) is 1.88. The highest BCUT2D eigenvalue weighted by Gasteiger charge is 2.47. The van der Waals surface area contributed by atoms with Gasteiger partial charge in [-0.3, -0.25) is 14.5 Å². The molecule has 0 aromatic rings. The number of fused-ring (bicyclic) bond motifs is 1. The third kappa shape index (κ3) is 2.09. The summed E-state index contributed by atoms with van der Waals surface area (Å²) in [5.74, 6) is -2.27. The van der Waals surface area contributed by atoms with Gasteiger partial charge in [0.05, 0.1) is 11.8 Å². The van der Waals surface area contributed by atoms with Crippen molar-refractivity contribution in [3.8, 4) is 0 Å². The predicted molar refractivity (Wildman–Crippen MR) is 56.3 cm³/mol. The van der Waals surface area contributed by atoms with E-state index in [2.05, 4.69) is 0 Å². The molecule has 0 N–H and O–H groups in total. The van der Waals surface area contributed by atoms with E-state index in [0.717, 1.165) is 10.5 Å². The lowest BCUT2D eigenvalue weighted by Gasteiger charge is -2.19. The molecule has 92 valence electrons. The fourth-order valence-corrected chi connectivity index (χ4v) is 2.53. The summed E-state index contributed by atoms with van der Waals surface area (Å²) in [6.07, 6.45) is 2.89. The molecule has 0 unspecified atom stereocenters. The molecular weight excluding hydrogens is 222 g/mol. The Morgan fingerprint density at radius 3 is 2.71 bits per heavy atom. The Labute approximate surface area is 99.1 Å². The van der Waals surface area contributed by atoms with E-state index in [1.807, 2.05) is 13.0 Å². The van der Waals surface area contributed by atoms with Crippen LogP contribution in [-0.4, -0.2) is 29.2 Å². The smallest absolute Gasteiger partial charge is 0.233 e. The number of carbonyl (C=O) groups is 3. The molecule has 1 aliphatic heterocycles. The molecule has 1 aliphatic carbocycles. The number of likely N-dealkylation sites (tertiary alicyclic amines) is 1. The summed E-state index contributed by atoms with van der Waals surface area (Å²) in [7, 11) is 0. The summed E-state index contributed by atoms with van der Waals surface area (Å²) in [4.78, 5) is 35.4. The third-order valence-corrected chi connectivity index (χ3v) is 3.45. The highest BCUT2D eigenvalue weighted by atomic mass is 16.4. The Hall–Kier alpha value is -1.65. The molecule has 2 rings (SSSR count). The highest BCUT2D eigenvalue weighted by molar-refractivity contribution is 6.05. The highest BCUT2D eigenvalue weighted by Crippen LogP contribution is 2.37. The van der Waals surface area contributed by atoms with Crippen molar-refractivity contribution < 1.29 is 19.5 Å². The first-order valence-corrected chi connectivity index (χ1v) is 5.71. The Morgan fingerprint density at radius 2 is 2.06 bits per heavy atom. The second kappa shape index (κ2) is 4.31. The third-order valence-electron chi connectivity index (χ3n) is 3.45. The van der Waals surface area contributed by atoms with Gasteiger partial charge >= 0.3 is 0 Å². The van der Waals surface area contributed by atoms with Gasteiger partial charge in [-0.05, 0) is 19.8 Å². The molecule has 2 amide bonds. The Morgan fingerprint density at radius 1 is 1.41 bits per heavy atom. The van der Waals surface area contributed by atoms with E-state index in [1.165, 1.54) is 0 Å². The van der Waals surface area contributed by atoms with Gasteiger partial charge in [0.2, 0.25) is 11.8 Å². The standard InChI is InChI=1S/C12H15NO4/c1-7-2-3-8-9(6-7)12(17)13(11(8)16)5-4-10(14)15/h2,8-9H,3-6H2,1H3,(H,14,15)/p-1/t8-,9+/m1/s1. The fraction of sp³-hybridized carbons (Fsp3) is 0.583. The van der Waals surface area contributed by atoms with Crippen molar-refractivity contribution >= 4 is 17.8 Å². The summed E-state index contributed by atoms with van der Waals surface area (Å²) >= 11 is 0. The van der Waals surface area contributed by atoms with Crippen LogP contribution in [0.15, 0.2) is 11.6 Å². The SMILES string of the molecule is CC1=CC[C@H]2C(=O)N(CCC(=O)[O-])C(=O)[C@H]2C1. The van der Waals surface area contributed by atoms with Crippen LogP contribution in [0, 0.1) is 11.8 Å². The number of carboxylic acids is 1. The Kier molecular flexibility index (Phi) is 3.00. The van der Waals surface area contributed by atoms with Crippen molar-refractivity contribution in [2.45, 2.75) is 26.2 Å². The zero-order valence-corrected chi connectivity index (χ0v) is 9.64. The molecule has 1 heterocycles. The van der Waals surface area contributed by atoms with Gasteiger partial charge in [-0.15, -0.1) is 0 Å². The lowest BCUT2D eigenvalue weighted by atomic mass is 9.82. The number of imide groups is 1. The summed E-state index contributed by atoms with van der Waals surface area (Å²) in [6, 6.07) is 0. The summed E-state index contributed by atoms with van der Waals surface area (Å²) in [5, 5.41) is 10.4. The van der Waals surface area contributed by atoms with Crippen LogP contribution in [0.25, 0.3) is 0 Å². The lowest BCUT2D eigenvalue weighted by molar-refractivity contribution is -0.305. The second-order valence-corrected chi connectivity index (χ2v) is 4.65. The fourth-order valence-electron chi connectivity index (χ4n) is 2.53. The molecule has 0 radical (unpaired) electrons. The van der Waals surface area contributed by atoms with Crippen LogP contribution < -0.4 is 5.11 Å². The van der Waals surface area contributed by atoms with Crippen molar-refractivity contribution in [3.05, 3.63) is 11.6 Å². The maximum absolute atomic E-state index is 12.0. The van der Waals surface area contributed by atoms with E-state index in [-0.39, 0.29) is 36.6 Å². The van der Waals surface area contributed by atoms with Gasteiger partial charge in [-0.1, -0.05) is 11.6 Å². The first-order chi connectivity index (χ1) is 8.00. The first kappa shape index (κ1) is 11.8. The quantitative estimate of drug-likeness (QED) is 0.487. The molecule has 1 saturated heterocycles. The first-order valence-electron chi connectivity index (χ1n) is 5.71. The number of rotatable bonds is 3. The Bertz CT molecular complexity index is 413. The van der Waals surface area contributed by atoms with Crippen molar-refractivity contribution in [1.29, 1.82) is 0 Å². The summed E-state index contributed by atoms with van der Waals surface area (Å²) < 4.78 is 0. The van der Waals surface area contributed by atoms with E-state index < -0.39 is 5.97 Å². The van der Waals surface area contributed by atoms with Crippen molar-refractivity contribution in [3.63, 3.8) is 0 Å². The average Bonchev–Trinajstić information content (AvgIpc) is 2.49. The van der Waals surface area contributed by atoms with Crippen LogP contribution in [0.1, 0.15) is 26.2 Å². The molecular formula is C12H14NO4-. The van der Waals surface area contributed by atoms with Crippen LogP contribution in [0.4, 0.5) is 0 Å². The molecule has 2 atom stereocenters. The maximum atomic E-state index is 12.0. The number of aliphatic carboxylic acids is 1. The van der Waals surface area contributed by atoms with Gasteiger partial charge < -0.3 is 9.90 Å². The minimum atomic E-state index is -1.24. The number of carboxylic acid groups (broad SMARTS) is 1.